The average Bonchev–Trinajstić information content (AvgIpc) is 2.38. The van der Waals surface area contributed by atoms with E-state index in [4.69, 9.17) is 5.73 Å². The first-order valence-corrected chi connectivity index (χ1v) is 6.56. The smallest absolute Gasteiger partial charge is 0.117 e. The molecule has 2 aliphatic rings. The first-order chi connectivity index (χ1) is 8.28. The van der Waals surface area contributed by atoms with Crippen molar-refractivity contribution in [2.24, 2.45) is 11.7 Å². The van der Waals surface area contributed by atoms with Crippen LogP contribution in [-0.4, -0.2) is 24.2 Å². The number of nitrogens with zero attached hydrogens (tertiary/aromatic N) is 1. The van der Waals surface area contributed by atoms with Gasteiger partial charge < -0.3 is 15.7 Å². The second kappa shape index (κ2) is 4.22. The highest BCUT2D eigenvalue weighted by atomic mass is 16.3. The Hall–Kier alpha value is -1.22. The number of anilines is 1. The molecule has 0 amide bonds. The highest BCUT2D eigenvalue weighted by Gasteiger charge is 2.31. The molecule has 3 heteroatoms. The summed E-state index contributed by atoms with van der Waals surface area (Å²) in [6, 6.07) is 6.43. The molecule has 2 atom stereocenters. The molecule has 1 saturated heterocycles. The number of piperidine rings is 1. The van der Waals surface area contributed by atoms with Gasteiger partial charge in [-0.2, -0.15) is 0 Å². The lowest BCUT2D eigenvalue weighted by molar-refractivity contribution is 0.341. The molecule has 0 bridgehead atoms. The molecule has 0 radical (unpaired) electrons. The van der Waals surface area contributed by atoms with E-state index >= 15 is 0 Å². The number of phenolic OH excluding ortho intramolecular Hbond substituents is 1. The van der Waals surface area contributed by atoms with E-state index in [1.807, 2.05) is 6.07 Å². The van der Waals surface area contributed by atoms with Crippen molar-refractivity contribution in [1.82, 2.24) is 0 Å². The van der Waals surface area contributed by atoms with Crippen LogP contribution in [0.4, 0.5) is 5.69 Å². The number of aryl methyl sites for hydroxylation is 1. The molecule has 92 valence electrons. The van der Waals surface area contributed by atoms with Crippen LogP contribution in [0.3, 0.4) is 0 Å². The Labute approximate surface area is 102 Å². The summed E-state index contributed by atoms with van der Waals surface area (Å²) in [5.41, 5.74) is 8.41. The van der Waals surface area contributed by atoms with Crippen LogP contribution in [0.1, 0.15) is 24.8 Å². The fraction of sp³-hybridized carbons (Fsp3) is 0.571. The summed E-state index contributed by atoms with van der Waals surface area (Å²) in [7, 11) is 0. The predicted octanol–water partition coefficient (Wildman–Crippen LogP) is 1.88. The van der Waals surface area contributed by atoms with Crippen LogP contribution in [0.15, 0.2) is 18.2 Å². The fourth-order valence-electron chi connectivity index (χ4n) is 3.24. The highest BCUT2D eigenvalue weighted by molar-refractivity contribution is 5.59. The monoisotopic (exact) mass is 232 g/mol. The van der Waals surface area contributed by atoms with E-state index in [9.17, 15) is 5.11 Å². The van der Waals surface area contributed by atoms with E-state index in [1.165, 1.54) is 30.5 Å². The van der Waals surface area contributed by atoms with Crippen molar-refractivity contribution in [2.45, 2.75) is 31.7 Å². The quantitative estimate of drug-likeness (QED) is 0.777. The summed E-state index contributed by atoms with van der Waals surface area (Å²) in [5.74, 6) is 0.985. The first kappa shape index (κ1) is 10.9. The Bertz CT molecular complexity index is 419. The van der Waals surface area contributed by atoms with Gasteiger partial charge in [-0.05, 0) is 49.8 Å². The maximum Gasteiger partial charge on any atom is 0.117 e. The van der Waals surface area contributed by atoms with Crippen LogP contribution in [-0.2, 0) is 6.42 Å². The zero-order chi connectivity index (χ0) is 11.8. The maximum absolute atomic E-state index is 9.65. The fourth-order valence-corrected chi connectivity index (χ4v) is 3.24. The van der Waals surface area contributed by atoms with Crippen LogP contribution in [0.25, 0.3) is 0 Å². The molecule has 0 aliphatic carbocycles. The molecule has 2 unspecified atom stereocenters. The summed E-state index contributed by atoms with van der Waals surface area (Å²) in [5, 5.41) is 9.65. The molecular formula is C14H20N2O. The second-order valence-corrected chi connectivity index (χ2v) is 5.34. The Kier molecular flexibility index (Phi) is 2.71. The molecule has 3 nitrogen and oxygen atoms in total. The van der Waals surface area contributed by atoms with Crippen LogP contribution in [0.2, 0.25) is 0 Å². The van der Waals surface area contributed by atoms with Gasteiger partial charge in [0.05, 0.1) is 0 Å². The summed E-state index contributed by atoms with van der Waals surface area (Å²) < 4.78 is 0. The third kappa shape index (κ3) is 1.89. The van der Waals surface area contributed by atoms with E-state index in [1.54, 1.807) is 6.07 Å². The van der Waals surface area contributed by atoms with E-state index in [2.05, 4.69) is 11.0 Å². The van der Waals surface area contributed by atoms with Gasteiger partial charge in [0.1, 0.15) is 5.75 Å². The molecule has 2 heterocycles. The lowest BCUT2D eigenvalue weighted by Gasteiger charge is -2.45. The van der Waals surface area contributed by atoms with Gasteiger partial charge in [0.15, 0.2) is 0 Å². The van der Waals surface area contributed by atoms with Crippen molar-refractivity contribution in [1.29, 1.82) is 0 Å². The molecule has 0 spiro atoms. The van der Waals surface area contributed by atoms with Crippen LogP contribution < -0.4 is 10.6 Å². The number of fused-ring (bicyclic) bond motifs is 3. The van der Waals surface area contributed by atoms with Gasteiger partial charge in [0, 0.05) is 24.3 Å². The van der Waals surface area contributed by atoms with Crippen molar-refractivity contribution in [3.8, 4) is 5.75 Å². The van der Waals surface area contributed by atoms with Crippen molar-refractivity contribution in [3.05, 3.63) is 23.8 Å². The van der Waals surface area contributed by atoms with Gasteiger partial charge in [-0.3, -0.25) is 0 Å². The van der Waals surface area contributed by atoms with Gasteiger partial charge in [-0.1, -0.05) is 6.07 Å². The first-order valence-electron chi connectivity index (χ1n) is 6.56. The lowest BCUT2D eigenvalue weighted by atomic mass is 9.85. The van der Waals surface area contributed by atoms with Crippen molar-refractivity contribution in [3.63, 3.8) is 0 Å². The molecule has 2 aliphatic heterocycles. The van der Waals surface area contributed by atoms with Crippen molar-refractivity contribution >= 4 is 5.69 Å². The number of benzene rings is 1. The summed E-state index contributed by atoms with van der Waals surface area (Å²) >= 11 is 0. The number of phenols is 1. The van der Waals surface area contributed by atoms with Crippen molar-refractivity contribution in [2.75, 3.05) is 18.0 Å². The molecular weight excluding hydrogens is 212 g/mol. The third-order valence-corrected chi connectivity index (χ3v) is 4.26. The van der Waals surface area contributed by atoms with Gasteiger partial charge in [0.2, 0.25) is 0 Å². The van der Waals surface area contributed by atoms with Crippen LogP contribution >= 0.6 is 0 Å². The third-order valence-electron chi connectivity index (χ3n) is 4.26. The zero-order valence-corrected chi connectivity index (χ0v) is 10.1. The number of rotatable bonds is 1. The molecule has 3 N–H and O–H groups in total. The zero-order valence-electron chi connectivity index (χ0n) is 10.1. The molecule has 1 aromatic carbocycles. The van der Waals surface area contributed by atoms with Crippen LogP contribution in [0, 0.1) is 5.92 Å². The Balaban J connectivity index is 1.94. The van der Waals surface area contributed by atoms with Gasteiger partial charge in [-0.25, -0.2) is 0 Å². The molecule has 1 fully saturated rings. The minimum atomic E-state index is 0.374. The number of nitrogens with two attached hydrogens (primary N) is 1. The summed E-state index contributed by atoms with van der Waals surface area (Å²) in [6.07, 6.45) is 4.89. The SMILES string of the molecule is NCC1CCC2CCc3ccc(O)cc3N2C1. The molecule has 1 aromatic rings. The summed E-state index contributed by atoms with van der Waals surface area (Å²) in [4.78, 5) is 2.47. The minimum absolute atomic E-state index is 0.374. The predicted molar refractivity (Wildman–Crippen MR) is 69.3 cm³/mol. The molecule has 0 saturated carbocycles. The Morgan fingerprint density at radius 1 is 1.29 bits per heavy atom. The summed E-state index contributed by atoms with van der Waals surface area (Å²) in [6.45, 7) is 1.83. The molecule has 17 heavy (non-hydrogen) atoms. The number of hydrogen-bond donors (Lipinski definition) is 2. The molecule has 0 aromatic heterocycles. The number of aromatic hydroxyl groups is 1. The van der Waals surface area contributed by atoms with Gasteiger partial charge in [0.25, 0.3) is 0 Å². The van der Waals surface area contributed by atoms with E-state index in [-0.39, 0.29) is 0 Å². The molecule has 3 rings (SSSR count). The lowest BCUT2D eigenvalue weighted by Crippen LogP contribution is -2.47. The van der Waals surface area contributed by atoms with E-state index in [0.717, 1.165) is 19.5 Å². The standard InChI is InChI=1S/C14H20N2O/c15-8-10-1-4-12-5-2-11-3-6-13(17)7-14(11)16(12)9-10/h3,6-7,10,12,17H,1-2,4-5,8-9,15H2. The van der Waals surface area contributed by atoms with Gasteiger partial charge in [-0.15, -0.1) is 0 Å². The minimum Gasteiger partial charge on any atom is -0.508 e. The Morgan fingerprint density at radius 2 is 2.18 bits per heavy atom. The maximum atomic E-state index is 9.65. The highest BCUT2D eigenvalue weighted by Crippen LogP contribution is 2.38. The van der Waals surface area contributed by atoms with E-state index < -0.39 is 0 Å². The van der Waals surface area contributed by atoms with Crippen LogP contribution in [0.5, 0.6) is 5.75 Å². The largest absolute Gasteiger partial charge is 0.508 e. The topological polar surface area (TPSA) is 49.5 Å². The average molecular weight is 232 g/mol. The van der Waals surface area contributed by atoms with E-state index in [0.29, 0.717) is 17.7 Å². The van der Waals surface area contributed by atoms with Crippen molar-refractivity contribution < 1.29 is 5.11 Å². The normalized spacial score (nSPS) is 27.5. The second-order valence-electron chi connectivity index (χ2n) is 5.34. The number of hydrogen-bond acceptors (Lipinski definition) is 3. The van der Waals surface area contributed by atoms with Gasteiger partial charge >= 0.3 is 0 Å². The Morgan fingerprint density at radius 3 is 3.00 bits per heavy atom.